The maximum absolute atomic E-state index is 12.6. The Bertz CT molecular complexity index is 469. The summed E-state index contributed by atoms with van der Waals surface area (Å²) in [4.78, 5) is 14.4. The van der Waals surface area contributed by atoms with Gasteiger partial charge in [0.15, 0.2) is 0 Å². The summed E-state index contributed by atoms with van der Waals surface area (Å²) >= 11 is 0. The van der Waals surface area contributed by atoms with Crippen LogP contribution in [0, 0.1) is 0 Å². The molecule has 2 N–H and O–H groups in total. The van der Waals surface area contributed by atoms with E-state index >= 15 is 0 Å². The molecule has 1 amide bonds. The van der Waals surface area contributed by atoms with Crippen molar-refractivity contribution >= 4 is 11.6 Å². The minimum Gasteiger partial charge on any atom is -0.491 e. The van der Waals surface area contributed by atoms with Gasteiger partial charge in [-0.1, -0.05) is 12.1 Å². The zero-order valence-electron chi connectivity index (χ0n) is 10.4. The third-order valence-corrected chi connectivity index (χ3v) is 3.86. The van der Waals surface area contributed by atoms with E-state index in [-0.39, 0.29) is 5.91 Å². The van der Waals surface area contributed by atoms with Gasteiger partial charge >= 0.3 is 0 Å². The number of ether oxygens (including phenoxy) is 1. The molecule has 1 fully saturated rings. The molecule has 0 spiro atoms. The molecule has 2 aliphatic rings. The Balaban J connectivity index is 1.94. The fourth-order valence-corrected chi connectivity index (χ4v) is 2.58. The van der Waals surface area contributed by atoms with Crippen molar-refractivity contribution < 1.29 is 9.53 Å². The quantitative estimate of drug-likeness (QED) is 0.820. The van der Waals surface area contributed by atoms with Crippen molar-refractivity contribution in [3.63, 3.8) is 0 Å². The number of hydrogen-bond donors (Lipinski definition) is 1. The second kappa shape index (κ2) is 4.28. The second-order valence-corrected chi connectivity index (χ2v) is 5.14. The van der Waals surface area contributed by atoms with Crippen LogP contribution in [0.25, 0.3) is 0 Å². The molecular formula is C14H18N2O2. The van der Waals surface area contributed by atoms with Crippen molar-refractivity contribution in [1.82, 2.24) is 0 Å². The van der Waals surface area contributed by atoms with Gasteiger partial charge in [-0.3, -0.25) is 4.79 Å². The molecule has 1 aliphatic heterocycles. The zero-order valence-corrected chi connectivity index (χ0v) is 10.4. The van der Waals surface area contributed by atoms with Crippen LogP contribution in [-0.4, -0.2) is 24.6 Å². The summed E-state index contributed by atoms with van der Waals surface area (Å²) in [6.45, 7) is 1.34. The number of rotatable bonds is 1. The van der Waals surface area contributed by atoms with Gasteiger partial charge in [-0.25, -0.2) is 0 Å². The first-order valence-corrected chi connectivity index (χ1v) is 6.53. The van der Waals surface area contributed by atoms with E-state index < -0.39 is 5.54 Å². The van der Waals surface area contributed by atoms with E-state index in [9.17, 15) is 4.79 Å². The highest BCUT2D eigenvalue weighted by Crippen LogP contribution is 2.36. The van der Waals surface area contributed by atoms with E-state index in [1.807, 2.05) is 29.2 Å². The second-order valence-electron chi connectivity index (χ2n) is 5.14. The third-order valence-electron chi connectivity index (χ3n) is 3.86. The molecule has 1 heterocycles. The van der Waals surface area contributed by atoms with Crippen LogP contribution >= 0.6 is 0 Å². The summed E-state index contributed by atoms with van der Waals surface area (Å²) < 4.78 is 5.66. The molecule has 1 aromatic rings. The smallest absolute Gasteiger partial charge is 0.247 e. The molecule has 0 aromatic heterocycles. The van der Waals surface area contributed by atoms with Gasteiger partial charge < -0.3 is 15.4 Å². The summed E-state index contributed by atoms with van der Waals surface area (Å²) in [5, 5.41) is 0. The van der Waals surface area contributed by atoms with Crippen LogP contribution in [0.3, 0.4) is 0 Å². The van der Waals surface area contributed by atoms with Crippen molar-refractivity contribution in [3.05, 3.63) is 24.3 Å². The summed E-state index contributed by atoms with van der Waals surface area (Å²) in [5.41, 5.74) is 6.37. The number of nitrogens with two attached hydrogens (primary N) is 1. The fraction of sp³-hybridized carbons (Fsp3) is 0.500. The lowest BCUT2D eigenvalue weighted by atomic mass is 9.76. The van der Waals surface area contributed by atoms with Gasteiger partial charge in [-0.2, -0.15) is 0 Å². The van der Waals surface area contributed by atoms with Crippen LogP contribution in [0.4, 0.5) is 5.69 Å². The average Bonchev–Trinajstić information content (AvgIpc) is 2.57. The van der Waals surface area contributed by atoms with Crippen molar-refractivity contribution in [2.24, 2.45) is 5.73 Å². The largest absolute Gasteiger partial charge is 0.491 e. The number of hydrogen-bond acceptors (Lipinski definition) is 3. The van der Waals surface area contributed by atoms with Gasteiger partial charge in [0.05, 0.1) is 17.8 Å². The van der Waals surface area contributed by atoms with Crippen LogP contribution in [0.2, 0.25) is 0 Å². The Labute approximate surface area is 107 Å². The zero-order chi connectivity index (χ0) is 12.6. The fourth-order valence-electron chi connectivity index (χ4n) is 2.58. The van der Waals surface area contributed by atoms with E-state index in [2.05, 4.69) is 0 Å². The molecule has 96 valence electrons. The first-order valence-electron chi connectivity index (χ1n) is 6.53. The van der Waals surface area contributed by atoms with Crippen molar-refractivity contribution in [1.29, 1.82) is 0 Å². The van der Waals surface area contributed by atoms with E-state index in [4.69, 9.17) is 10.5 Å². The number of para-hydroxylation sites is 2. The molecule has 4 nitrogen and oxygen atoms in total. The van der Waals surface area contributed by atoms with Crippen LogP contribution < -0.4 is 15.4 Å². The molecule has 0 atom stereocenters. The maximum Gasteiger partial charge on any atom is 0.247 e. The van der Waals surface area contributed by atoms with Crippen LogP contribution in [-0.2, 0) is 4.79 Å². The van der Waals surface area contributed by atoms with Gasteiger partial charge in [0.1, 0.15) is 5.75 Å². The van der Waals surface area contributed by atoms with E-state index in [1.165, 1.54) is 0 Å². The van der Waals surface area contributed by atoms with E-state index in [0.29, 0.717) is 13.2 Å². The Morgan fingerprint density at radius 1 is 1.28 bits per heavy atom. The predicted molar refractivity (Wildman–Crippen MR) is 69.7 cm³/mol. The molecule has 4 heteroatoms. The van der Waals surface area contributed by atoms with Gasteiger partial charge in [0.25, 0.3) is 0 Å². The summed E-state index contributed by atoms with van der Waals surface area (Å²) in [6, 6.07) is 7.69. The minimum atomic E-state index is -0.641. The molecule has 0 saturated heterocycles. The summed E-state index contributed by atoms with van der Waals surface area (Å²) in [6.07, 6.45) is 3.49. The number of carbonyl (C=O) groups is 1. The van der Waals surface area contributed by atoms with Crippen molar-refractivity contribution in [3.8, 4) is 5.75 Å². The molecule has 1 aromatic carbocycles. The predicted octanol–water partition coefficient (Wildman–Crippen LogP) is 1.68. The minimum absolute atomic E-state index is 0.0479. The Kier molecular flexibility index (Phi) is 2.74. The molecular weight excluding hydrogens is 228 g/mol. The normalized spacial score (nSPS) is 21.3. The Morgan fingerprint density at radius 2 is 2.06 bits per heavy atom. The highest BCUT2D eigenvalue weighted by molar-refractivity contribution is 6.01. The highest BCUT2D eigenvalue weighted by atomic mass is 16.5. The lowest BCUT2D eigenvalue weighted by molar-refractivity contribution is -0.126. The Morgan fingerprint density at radius 3 is 2.78 bits per heavy atom. The monoisotopic (exact) mass is 246 g/mol. The first-order chi connectivity index (χ1) is 8.71. The van der Waals surface area contributed by atoms with Gasteiger partial charge in [0, 0.05) is 6.54 Å². The van der Waals surface area contributed by atoms with Crippen LogP contribution in [0.5, 0.6) is 5.75 Å². The highest BCUT2D eigenvalue weighted by Gasteiger charge is 2.43. The number of carbonyl (C=O) groups excluding carboxylic acids is 1. The first kappa shape index (κ1) is 11.5. The van der Waals surface area contributed by atoms with Crippen molar-refractivity contribution in [2.75, 3.05) is 18.1 Å². The maximum atomic E-state index is 12.6. The Hall–Kier alpha value is -1.55. The molecule has 3 rings (SSSR count). The van der Waals surface area contributed by atoms with Gasteiger partial charge in [-0.15, -0.1) is 0 Å². The molecule has 18 heavy (non-hydrogen) atoms. The lowest BCUT2D eigenvalue weighted by Gasteiger charge is -2.40. The lowest BCUT2D eigenvalue weighted by Crippen LogP contribution is -2.59. The average molecular weight is 246 g/mol. The molecule has 1 saturated carbocycles. The number of benzene rings is 1. The molecule has 0 radical (unpaired) electrons. The molecule has 0 unspecified atom stereocenters. The standard InChI is InChI=1S/C14H18N2O2/c15-14(7-3-8-14)13(17)16-9-4-10-18-12-6-2-1-5-11(12)16/h1-2,5-6H,3-4,7-10,15H2. The third kappa shape index (κ3) is 1.77. The van der Waals surface area contributed by atoms with E-state index in [1.54, 1.807) is 0 Å². The van der Waals surface area contributed by atoms with Crippen LogP contribution in [0.1, 0.15) is 25.7 Å². The SMILES string of the molecule is NC1(C(=O)N2CCCOc3ccccc32)CCC1. The van der Waals surface area contributed by atoms with Gasteiger partial charge in [-0.05, 0) is 37.8 Å². The molecule has 1 aliphatic carbocycles. The number of nitrogens with zero attached hydrogens (tertiary/aromatic N) is 1. The van der Waals surface area contributed by atoms with Crippen LogP contribution in [0.15, 0.2) is 24.3 Å². The van der Waals surface area contributed by atoms with Crippen molar-refractivity contribution in [2.45, 2.75) is 31.2 Å². The topological polar surface area (TPSA) is 55.6 Å². The number of amides is 1. The summed E-state index contributed by atoms with van der Waals surface area (Å²) in [7, 11) is 0. The number of fused-ring (bicyclic) bond motifs is 1. The van der Waals surface area contributed by atoms with Gasteiger partial charge in [0.2, 0.25) is 5.91 Å². The summed E-state index contributed by atoms with van der Waals surface area (Å²) in [5.74, 6) is 0.831. The molecule has 0 bridgehead atoms. The number of anilines is 1. The van der Waals surface area contributed by atoms with E-state index in [0.717, 1.165) is 37.1 Å².